The van der Waals surface area contributed by atoms with Crippen LogP contribution in [-0.2, 0) is 35.3 Å². The summed E-state index contributed by atoms with van der Waals surface area (Å²) in [5.74, 6) is 0.314. The lowest BCUT2D eigenvalue weighted by atomic mass is 9.93. The first-order valence-corrected chi connectivity index (χ1v) is 11.3. The van der Waals surface area contributed by atoms with Crippen LogP contribution in [0.1, 0.15) is 61.8 Å². The molecule has 0 bridgehead atoms. The minimum absolute atomic E-state index is 0.0383. The molecule has 2 rings (SSSR count). The monoisotopic (exact) mass is 438 g/mol. The number of aromatic hydroxyl groups is 2. The van der Waals surface area contributed by atoms with Crippen molar-refractivity contribution < 1.29 is 24.9 Å². The lowest BCUT2D eigenvalue weighted by molar-refractivity contribution is -0.120. The molecule has 172 valence electrons. The van der Waals surface area contributed by atoms with Crippen LogP contribution in [0.25, 0.3) is 0 Å². The van der Waals surface area contributed by atoms with Crippen molar-refractivity contribution in [1.29, 1.82) is 0 Å². The second-order valence-corrected chi connectivity index (χ2v) is 8.08. The first-order chi connectivity index (χ1) is 15.3. The molecule has 0 spiro atoms. The largest absolute Gasteiger partial charge is 0.508 e. The van der Waals surface area contributed by atoms with Gasteiger partial charge in [0.25, 0.3) is 0 Å². The Balaban J connectivity index is 1.76. The van der Waals surface area contributed by atoms with E-state index in [0.717, 1.165) is 29.5 Å². The SMILES string of the molecule is CCc1ccc(O)c(CCC(=O)/C=C/C[C@@H](O)CC(=O)CCc2ccc(O)cc2)c1CC. The first-order valence-electron chi connectivity index (χ1n) is 11.3. The molecule has 1 atom stereocenters. The van der Waals surface area contributed by atoms with Crippen molar-refractivity contribution in [2.75, 3.05) is 0 Å². The van der Waals surface area contributed by atoms with Gasteiger partial charge < -0.3 is 15.3 Å². The minimum Gasteiger partial charge on any atom is -0.508 e. The van der Waals surface area contributed by atoms with E-state index in [-0.39, 0.29) is 42.3 Å². The molecule has 2 aromatic carbocycles. The minimum atomic E-state index is -0.816. The summed E-state index contributed by atoms with van der Waals surface area (Å²) in [5.41, 5.74) is 4.11. The average Bonchev–Trinajstić information content (AvgIpc) is 2.77. The number of hydrogen-bond acceptors (Lipinski definition) is 5. The van der Waals surface area contributed by atoms with Crippen molar-refractivity contribution in [3.05, 3.63) is 70.8 Å². The zero-order valence-electron chi connectivity index (χ0n) is 19.0. The number of ketones is 2. The number of carbonyl (C=O) groups excluding carboxylic acids is 2. The van der Waals surface area contributed by atoms with E-state index in [1.54, 1.807) is 36.4 Å². The summed E-state index contributed by atoms with van der Waals surface area (Å²) >= 11 is 0. The van der Waals surface area contributed by atoms with E-state index < -0.39 is 6.10 Å². The van der Waals surface area contributed by atoms with Crippen LogP contribution < -0.4 is 0 Å². The average molecular weight is 439 g/mol. The van der Waals surface area contributed by atoms with Gasteiger partial charge in [0.05, 0.1) is 6.10 Å². The fraction of sp³-hybridized carbons (Fsp3) is 0.407. The zero-order valence-corrected chi connectivity index (χ0v) is 19.0. The van der Waals surface area contributed by atoms with Gasteiger partial charge in [-0.3, -0.25) is 9.59 Å². The molecule has 0 aromatic heterocycles. The molecule has 32 heavy (non-hydrogen) atoms. The second-order valence-electron chi connectivity index (χ2n) is 8.08. The highest BCUT2D eigenvalue weighted by Crippen LogP contribution is 2.27. The van der Waals surface area contributed by atoms with Crippen LogP contribution in [0.5, 0.6) is 11.5 Å². The molecule has 5 heteroatoms. The van der Waals surface area contributed by atoms with E-state index in [0.29, 0.717) is 19.3 Å². The number of aryl methyl sites for hydroxylation is 2. The molecule has 2 aromatic rings. The van der Waals surface area contributed by atoms with E-state index in [2.05, 4.69) is 6.92 Å². The topological polar surface area (TPSA) is 94.8 Å². The lowest BCUT2D eigenvalue weighted by Gasteiger charge is -2.14. The Hall–Kier alpha value is -2.92. The summed E-state index contributed by atoms with van der Waals surface area (Å²) in [6.45, 7) is 4.12. The third kappa shape index (κ3) is 7.97. The van der Waals surface area contributed by atoms with Crippen molar-refractivity contribution in [2.24, 2.45) is 0 Å². The molecular formula is C27H34O5. The number of phenols is 2. The maximum atomic E-state index is 12.2. The van der Waals surface area contributed by atoms with Crippen molar-refractivity contribution in [1.82, 2.24) is 0 Å². The van der Waals surface area contributed by atoms with Gasteiger partial charge in [-0.15, -0.1) is 0 Å². The Labute approximate surface area is 190 Å². The summed E-state index contributed by atoms with van der Waals surface area (Å²) in [4.78, 5) is 24.3. The van der Waals surface area contributed by atoms with Crippen molar-refractivity contribution in [2.45, 2.75) is 71.3 Å². The van der Waals surface area contributed by atoms with Crippen LogP contribution in [0.4, 0.5) is 0 Å². The zero-order chi connectivity index (χ0) is 23.5. The van der Waals surface area contributed by atoms with Crippen LogP contribution in [-0.4, -0.2) is 33.0 Å². The maximum absolute atomic E-state index is 12.2. The van der Waals surface area contributed by atoms with Crippen LogP contribution in [0, 0.1) is 0 Å². The van der Waals surface area contributed by atoms with Crippen molar-refractivity contribution in [3.63, 3.8) is 0 Å². The fourth-order valence-electron chi connectivity index (χ4n) is 3.86. The van der Waals surface area contributed by atoms with Gasteiger partial charge in [-0.25, -0.2) is 0 Å². The Bertz CT molecular complexity index is 928. The van der Waals surface area contributed by atoms with Gasteiger partial charge in [0.15, 0.2) is 5.78 Å². The quantitative estimate of drug-likeness (QED) is 0.397. The molecule has 5 nitrogen and oxygen atoms in total. The molecule has 0 radical (unpaired) electrons. The number of benzene rings is 2. The van der Waals surface area contributed by atoms with Gasteiger partial charge in [0.1, 0.15) is 17.3 Å². The molecule has 0 aliphatic heterocycles. The number of hydrogen-bond donors (Lipinski definition) is 3. The molecule has 0 fully saturated rings. The molecule has 0 aliphatic carbocycles. The highest BCUT2D eigenvalue weighted by atomic mass is 16.3. The van der Waals surface area contributed by atoms with Gasteiger partial charge in [-0.2, -0.15) is 0 Å². The Morgan fingerprint density at radius 2 is 1.62 bits per heavy atom. The number of phenolic OH excluding ortho intramolecular Hbond substituents is 2. The lowest BCUT2D eigenvalue weighted by Crippen LogP contribution is -2.13. The van der Waals surface area contributed by atoms with Crippen molar-refractivity contribution in [3.8, 4) is 11.5 Å². The standard InChI is InChI=1S/C27H34O5/c1-3-20-11-17-27(32)26(25(20)4-2)16-15-21(28)6-5-7-23(30)18-24(31)14-10-19-8-12-22(29)13-9-19/h5-6,8-9,11-13,17,23,29-30,32H,3-4,7,10,14-16,18H2,1-2H3/b6-5+/t23-/m1/s1. The smallest absolute Gasteiger partial charge is 0.155 e. The van der Waals surface area contributed by atoms with Crippen LogP contribution in [0.2, 0.25) is 0 Å². The maximum Gasteiger partial charge on any atom is 0.155 e. The summed E-state index contributed by atoms with van der Waals surface area (Å²) < 4.78 is 0. The molecule has 0 unspecified atom stereocenters. The molecule has 3 N–H and O–H groups in total. The third-order valence-electron chi connectivity index (χ3n) is 5.66. The summed E-state index contributed by atoms with van der Waals surface area (Å²) in [7, 11) is 0. The van der Waals surface area contributed by atoms with Crippen molar-refractivity contribution >= 4 is 11.6 Å². The fourth-order valence-corrected chi connectivity index (χ4v) is 3.86. The highest BCUT2D eigenvalue weighted by molar-refractivity contribution is 5.89. The summed E-state index contributed by atoms with van der Waals surface area (Å²) in [5, 5.41) is 29.6. The number of carbonyl (C=O) groups is 2. The molecular weight excluding hydrogens is 404 g/mol. The number of allylic oxidation sites excluding steroid dienone is 1. The third-order valence-corrected chi connectivity index (χ3v) is 5.66. The predicted octanol–water partition coefficient (Wildman–Crippen LogP) is 4.62. The number of aliphatic hydroxyl groups excluding tert-OH is 1. The molecule has 0 saturated heterocycles. The Kier molecular flexibility index (Phi) is 10.2. The van der Waals surface area contributed by atoms with E-state index in [1.807, 2.05) is 13.0 Å². The van der Waals surface area contributed by atoms with E-state index in [4.69, 9.17) is 0 Å². The summed E-state index contributed by atoms with van der Waals surface area (Å²) in [6.07, 6.45) is 5.89. The van der Waals surface area contributed by atoms with Crippen LogP contribution in [0.3, 0.4) is 0 Å². The first kappa shape index (κ1) is 25.3. The van der Waals surface area contributed by atoms with Gasteiger partial charge in [0, 0.05) is 19.3 Å². The van der Waals surface area contributed by atoms with Crippen LogP contribution in [0.15, 0.2) is 48.6 Å². The molecule has 0 amide bonds. The Morgan fingerprint density at radius 1 is 0.906 bits per heavy atom. The van der Waals surface area contributed by atoms with Gasteiger partial charge in [-0.05, 0) is 78.6 Å². The number of aliphatic hydroxyl groups is 1. The molecule has 0 aliphatic rings. The molecule has 0 heterocycles. The van der Waals surface area contributed by atoms with E-state index >= 15 is 0 Å². The molecule has 0 saturated carbocycles. The Morgan fingerprint density at radius 3 is 2.28 bits per heavy atom. The van der Waals surface area contributed by atoms with E-state index in [9.17, 15) is 24.9 Å². The normalized spacial score (nSPS) is 12.2. The van der Waals surface area contributed by atoms with E-state index in [1.165, 1.54) is 11.6 Å². The van der Waals surface area contributed by atoms with Gasteiger partial charge >= 0.3 is 0 Å². The second kappa shape index (κ2) is 12.8. The van der Waals surface area contributed by atoms with Crippen LogP contribution >= 0.6 is 0 Å². The van der Waals surface area contributed by atoms with Gasteiger partial charge in [0.2, 0.25) is 0 Å². The van der Waals surface area contributed by atoms with Gasteiger partial charge in [-0.1, -0.05) is 38.1 Å². The predicted molar refractivity (Wildman–Crippen MR) is 126 cm³/mol. The summed E-state index contributed by atoms with van der Waals surface area (Å²) in [6, 6.07) is 10.3. The highest BCUT2D eigenvalue weighted by Gasteiger charge is 2.13. The number of Topliss-reactive ketones (excluding diaryl/α,β-unsaturated/α-hetero) is 1. The number of rotatable bonds is 13.